The maximum atomic E-state index is 11.0. The number of nitrogens with one attached hydrogen (secondary N) is 1. The minimum atomic E-state index is -0.463. The zero-order chi connectivity index (χ0) is 13.8. The fourth-order valence-electron chi connectivity index (χ4n) is 1.75. The molecule has 6 nitrogen and oxygen atoms in total. The Hall–Kier alpha value is -2.63. The van der Waals surface area contributed by atoms with Crippen molar-refractivity contribution in [1.82, 2.24) is 4.98 Å². The van der Waals surface area contributed by atoms with Crippen molar-refractivity contribution in [2.24, 2.45) is 0 Å². The number of phenols is 1. The van der Waals surface area contributed by atoms with Gasteiger partial charge < -0.3 is 10.4 Å². The Labute approximate surface area is 109 Å². The number of anilines is 1. The van der Waals surface area contributed by atoms with Gasteiger partial charge in [0.2, 0.25) is 5.82 Å². The summed E-state index contributed by atoms with van der Waals surface area (Å²) in [6.45, 7) is 1.93. The second-order valence-electron chi connectivity index (χ2n) is 4.06. The lowest BCUT2D eigenvalue weighted by Gasteiger charge is -2.08. The van der Waals surface area contributed by atoms with E-state index >= 15 is 0 Å². The molecule has 0 aliphatic heterocycles. The van der Waals surface area contributed by atoms with E-state index in [-0.39, 0.29) is 23.8 Å². The first-order chi connectivity index (χ1) is 9.09. The molecular formula is C13H13N3O3. The summed E-state index contributed by atoms with van der Waals surface area (Å²) in [6, 6.07) is 8.39. The number of benzene rings is 1. The molecule has 19 heavy (non-hydrogen) atoms. The number of aromatic hydroxyl groups is 1. The van der Waals surface area contributed by atoms with Crippen LogP contribution in [0.5, 0.6) is 5.75 Å². The first kappa shape index (κ1) is 12.8. The predicted octanol–water partition coefficient (Wildman–Crippen LogP) is 2.62. The van der Waals surface area contributed by atoms with Gasteiger partial charge in [-0.15, -0.1) is 0 Å². The fourth-order valence-corrected chi connectivity index (χ4v) is 1.75. The van der Waals surface area contributed by atoms with Crippen molar-refractivity contribution in [3.63, 3.8) is 0 Å². The van der Waals surface area contributed by atoms with Crippen LogP contribution in [0, 0.1) is 17.0 Å². The lowest BCUT2D eigenvalue weighted by atomic mass is 10.2. The monoisotopic (exact) mass is 259 g/mol. The summed E-state index contributed by atoms with van der Waals surface area (Å²) in [5, 5.41) is 23.5. The Morgan fingerprint density at radius 2 is 2.11 bits per heavy atom. The third-order valence-electron chi connectivity index (χ3n) is 2.75. The molecule has 1 aromatic carbocycles. The molecule has 1 aromatic heterocycles. The van der Waals surface area contributed by atoms with Crippen molar-refractivity contribution in [3.05, 3.63) is 57.8 Å². The molecule has 2 rings (SSSR count). The molecule has 0 amide bonds. The number of aromatic nitrogens is 1. The molecule has 2 aromatic rings. The van der Waals surface area contributed by atoms with Gasteiger partial charge in [0.05, 0.1) is 4.92 Å². The van der Waals surface area contributed by atoms with Gasteiger partial charge in [-0.2, -0.15) is 0 Å². The number of nitro groups is 1. The highest BCUT2D eigenvalue weighted by Crippen LogP contribution is 2.26. The number of pyridine rings is 1. The Morgan fingerprint density at radius 1 is 1.37 bits per heavy atom. The van der Waals surface area contributed by atoms with Crippen LogP contribution in [-0.4, -0.2) is 15.0 Å². The number of rotatable bonds is 4. The highest BCUT2D eigenvalue weighted by atomic mass is 16.6. The normalized spacial score (nSPS) is 10.2. The molecule has 0 unspecified atom stereocenters. The number of nitrogens with zero attached hydrogens (tertiary/aromatic N) is 2. The van der Waals surface area contributed by atoms with Gasteiger partial charge in [-0.3, -0.25) is 10.1 Å². The average molecular weight is 259 g/mol. The van der Waals surface area contributed by atoms with E-state index < -0.39 is 4.92 Å². The van der Waals surface area contributed by atoms with Gasteiger partial charge >= 0.3 is 5.69 Å². The predicted molar refractivity (Wildman–Crippen MR) is 71.1 cm³/mol. The van der Waals surface area contributed by atoms with Crippen molar-refractivity contribution < 1.29 is 10.0 Å². The Balaban J connectivity index is 2.23. The van der Waals surface area contributed by atoms with Crippen LogP contribution in [0.1, 0.15) is 11.1 Å². The summed E-state index contributed by atoms with van der Waals surface area (Å²) in [7, 11) is 0. The van der Waals surface area contributed by atoms with Gasteiger partial charge in [0.1, 0.15) is 5.75 Å². The Morgan fingerprint density at radius 3 is 2.79 bits per heavy atom. The molecule has 0 aliphatic carbocycles. The molecule has 0 radical (unpaired) electrons. The largest absolute Gasteiger partial charge is 0.508 e. The van der Waals surface area contributed by atoms with Crippen LogP contribution in [-0.2, 0) is 6.54 Å². The Bertz CT molecular complexity index is 614. The molecule has 2 N–H and O–H groups in total. The van der Waals surface area contributed by atoms with E-state index in [4.69, 9.17) is 0 Å². The molecule has 0 spiro atoms. The zero-order valence-electron chi connectivity index (χ0n) is 10.3. The van der Waals surface area contributed by atoms with Crippen molar-refractivity contribution >= 4 is 11.5 Å². The molecule has 0 atom stereocenters. The number of phenolic OH excluding ortho intramolecular Hbond substituents is 1. The van der Waals surface area contributed by atoms with Gasteiger partial charge in [0.25, 0.3) is 0 Å². The van der Waals surface area contributed by atoms with E-state index in [0.717, 1.165) is 0 Å². The first-order valence-corrected chi connectivity index (χ1v) is 5.70. The van der Waals surface area contributed by atoms with Crippen LogP contribution < -0.4 is 5.32 Å². The minimum absolute atomic E-state index is 0.0436. The maximum absolute atomic E-state index is 11.0. The van der Waals surface area contributed by atoms with Crippen LogP contribution in [0.25, 0.3) is 0 Å². The number of hydrogen-bond acceptors (Lipinski definition) is 5. The Kier molecular flexibility index (Phi) is 3.61. The third kappa shape index (κ3) is 2.79. The van der Waals surface area contributed by atoms with Gasteiger partial charge in [0.15, 0.2) is 0 Å². The second kappa shape index (κ2) is 5.34. The highest BCUT2D eigenvalue weighted by molar-refractivity contribution is 5.60. The highest BCUT2D eigenvalue weighted by Gasteiger charge is 2.18. The quantitative estimate of drug-likeness (QED) is 0.650. The molecule has 0 aliphatic rings. The van der Waals surface area contributed by atoms with Gasteiger partial charge in [-0.1, -0.05) is 18.2 Å². The van der Waals surface area contributed by atoms with E-state index in [9.17, 15) is 15.2 Å². The summed E-state index contributed by atoms with van der Waals surface area (Å²) in [6.07, 6.45) is 1.51. The van der Waals surface area contributed by atoms with Gasteiger partial charge in [0, 0.05) is 23.9 Å². The maximum Gasteiger partial charge on any atom is 0.314 e. The van der Waals surface area contributed by atoms with E-state index in [0.29, 0.717) is 11.1 Å². The van der Waals surface area contributed by atoms with Crippen LogP contribution in [0.15, 0.2) is 36.5 Å². The molecule has 0 saturated heterocycles. The van der Waals surface area contributed by atoms with Gasteiger partial charge in [-0.25, -0.2) is 4.98 Å². The summed E-state index contributed by atoms with van der Waals surface area (Å²) in [5.74, 6) is 0.346. The molecular weight excluding hydrogens is 246 g/mol. The van der Waals surface area contributed by atoms with E-state index in [1.807, 2.05) is 0 Å². The van der Waals surface area contributed by atoms with Crippen molar-refractivity contribution in [2.75, 3.05) is 5.32 Å². The number of aryl methyl sites for hydroxylation is 1. The first-order valence-electron chi connectivity index (χ1n) is 5.70. The van der Waals surface area contributed by atoms with Crippen molar-refractivity contribution in [3.8, 4) is 5.75 Å². The van der Waals surface area contributed by atoms with Crippen LogP contribution in [0.3, 0.4) is 0 Å². The summed E-state index contributed by atoms with van der Waals surface area (Å²) in [5.41, 5.74) is 1.15. The molecule has 6 heteroatoms. The smallest absolute Gasteiger partial charge is 0.314 e. The SMILES string of the molecule is Cc1ccnc(NCc2ccccc2O)c1[N+](=O)[O-]. The van der Waals surface area contributed by atoms with E-state index in [2.05, 4.69) is 10.3 Å². The van der Waals surface area contributed by atoms with Crippen LogP contribution >= 0.6 is 0 Å². The average Bonchev–Trinajstić information content (AvgIpc) is 2.37. The van der Waals surface area contributed by atoms with Crippen LogP contribution in [0.2, 0.25) is 0 Å². The standard InChI is InChI=1S/C13H13N3O3/c1-9-6-7-14-13(12(9)16(18)19)15-8-10-4-2-3-5-11(10)17/h2-7,17H,8H2,1H3,(H,14,15). The number of para-hydroxylation sites is 1. The third-order valence-corrected chi connectivity index (χ3v) is 2.75. The second-order valence-corrected chi connectivity index (χ2v) is 4.06. The number of hydrogen-bond donors (Lipinski definition) is 2. The lowest BCUT2D eigenvalue weighted by molar-refractivity contribution is -0.384. The molecule has 1 heterocycles. The minimum Gasteiger partial charge on any atom is -0.508 e. The van der Waals surface area contributed by atoms with Crippen molar-refractivity contribution in [2.45, 2.75) is 13.5 Å². The summed E-state index contributed by atoms with van der Waals surface area (Å²) in [4.78, 5) is 14.5. The molecule has 0 fully saturated rings. The van der Waals surface area contributed by atoms with Gasteiger partial charge in [-0.05, 0) is 19.1 Å². The van der Waals surface area contributed by atoms with Crippen LogP contribution in [0.4, 0.5) is 11.5 Å². The lowest BCUT2D eigenvalue weighted by Crippen LogP contribution is -2.05. The topological polar surface area (TPSA) is 88.3 Å². The van der Waals surface area contributed by atoms with Crippen molar-refractivity contribution in [1.29, 1.82) is 0 Å². The fraction of sp³-hybridized carbons (Fsp3) is 0.154. The molecule has 0 saturated carbocycles. The molecule has 98 valence electrons. The molecule has 0 bridgehead atoms. The van der Waals surface area contributed by atoms with E-state index in [1.54, 1.807) is 37.3 Å². The van der Waals surface area contributed by atoms with E-state index in [1.165, 1.54) is 6.20 Å². The zero-order valence-corrected chi connectivity index (χ0v) is 10.3. The summed E-state index contributed by atoms with van der Waals surface area (Å²) >= 11 is 0. The summed E-state index contributed by atoms with van der Waals surface area (Å²) < 4.78 is 0.